The molecule has 0 N–H and O–H groups in total. The van der Waals surface area contributed by atoms with Gasteiger partial charge < -0.3 is 0 Å². The number of rotatable bonds is 1. The third-order valence-electron chi connectivity index (χ3n) is 2.34. The van der Waals surface area contributed by atoms with E-state index in [1.165, 1.54) is 0 Å². The van der Waals surface area contributed by atoms with Gasteiger partial charge in [-0.05, 0) is 24.1 Å². The van der Waals surface area contributed by atoms with E-state index in [0.717, 1.165) is 23.4 Å². The summed E-state index contributed by atoms with van der Waals surface area (Å²) >= 11 is 5.73. The molecule has 1 atom stereocenters. The zero-order valence-corrected chi connectivity index (χ0v) is 7.34. The summed E-state index contributed by atoms with van der Waals surface area (Å²) in [5.74, 6) is 0.514. The van der Waals surface area contributed by atoms with Crippen molar-refractivity contribution >= 4 is 17.4 Å². The topological polar surface area (TPSA) is 17.1 Å². The minimum absolute atomic E-state index is 0.155. The highest BCUT2D eigenvalue weighted by Gasteiger charge is 2.28. The lowest BCUT2D eigenvalue weighted by Gasteiger charge is -2.23. The number of halogens is 1. The van der Waals surface area contributed by atoms with E-state index in [1.54, 1.807) is 0 Å². The molecule has 0 saturated heterocycles. The van der Waals surface area contributed by atoms with Crippen molar-refractivity contribution in [2.45, 2.75) is 18.8 Å². The van der Waals surface area contributed by atoms with E-state index in [2.05, 4.69) is 0 Å². The van der Waals surface area contributed by atoms with Crippen LogP contribution in [-0.4, -0.2) is 5.78 Å². The van der Waals surface area contributed by atoms with Crippen LogP contribution < -0.4 is 0 Å². The SMILES string of the molecule is O=C1CC[C@@H]1c1ccc(Cl)cc1. The molecule has 0 aromatic heterocycles. The normalized spacial score (nSPS) is 22.1. The van der Waals surface area contributed by atoms with Gasteiger partial charge in [-0.3, -0.25) is 4.79 Å². The fourth-order valence-corrected chi connectivity index (χ4v) is 1.58. The first-order chi connectivity index (χ1) is 5.77. The summed E-state index contributed by atoms with van der Waals surface area (Å²) in [5, 5.41) is 0.727. The Bertz CT molecular complexity index is 302. The van der Waals surface area contributed by atoms with E-state index in [-0.39, 0.29) is 5.92 Å². The lowest BCUT2D eigenvalue weighted by Crippen LogP contribution is -2.22. The first-order valence-electron chi connectivity index (χ1n) is 4.05. The Morgan fingerprint density at radius 3 is 2.33 bits per heavy atom. The summed E-state index contributed by atoms with van der Waals surface area (Å²) in [7, 11) is 0. The Kier molecular flexibility index (Phi) is 1.89. The Morgan fingerprint density at radius 1 is 1.25 bits per heavy atom. The predicted octanol–water partition coefficient (Wildman–Crippen LogP) is 2.79. The number of carbonyl (C=O) groups excluding carboxylic acids is 1. The van der Waals surface area contributed by atoms with Crippen LogP contribution in [0.3, 0.4) is 0 Å². The average molecular weight is 181 g/mol. The lowest BCUT2D eigenvalue weighted by atomic mass is 9.79. The molecule has 0 unspecified atom stereocenters. The molecule has 1 fully saturated rings. The van der Waals surface area contributed by atoms with Gasteiger partial charge in [0.05, 0.1) is 0 Å². The summed E-state index contributed by atoms with van der Waals surface area (Å²) in [6.45, 7) is 0. The summed E-state index contributed by atoms with van der Waals surface area (Å²) in [5.41, 5.74) is 1.11. The molecule has 0 radical (unpaired) electrons. The number of ketones is 1. The van der Waals surface area contributed by atoms with Crippen LogP contribution in [0.1, 0.15) is 24.3 Å². The molecule has 0 spiro atoms. The molecule has 1 saturated carbocycles. The van der Waals surface area contributed by atoms with Crippen LogP contribution in [0.2, 0.25) is 5.02 Å². The maximum absolute atomic E-state index is 11.1. The molecule has 1 aromatic carbocycles. The lowest BCUT2D eigenvalue weighted by molar-refractivity contribution is -0.125. The Balaban J connectivity index is 2.23. The largest absolute Gasteiger partial charge is 0.299 e. The highest BCUT2D eigenvalue weighted by Crippen LogP contribution is 2.33. The van der Waals surface area contributed by atoms with Crippen molar-refractivity contribution < 1.29 is 4.79 Å². The van der Waals surface area contributed by atoms with Gasteiger partial charge in [-0.15, -0.1) is 0 Å². The van der Waals surface area contributed by atoms with Crippen molar-refractivity contribution in [1.82, 2.24) is 0 Å². The Hall–Kier alpha value is -0.820. The number of hydrogen-bond donors (Lipinski definition) is 0. The van der Waals surface area contributed by atoms with Crippen molar-refractivity contribution in [1.29, 1.82) is 0 Å². The van der Waals surface area contributed by atoms with Crippen LogP contribution in [0.5, 0.6) is 0 Å². The maximum atomic E-state index is 11.1. The number of Topliss-reactive ketones (excluding diaryl/α,β-unsaturated/α-hetero) is 1. The van der Waals surface area contributed by atoms with Gasteiger partial charge in [0, 0.05) is 17.4 Å². The number of hydrogen-bond acceptors (Lipinski definition) is 1. The van der Waals surface area contributed by atoms with Crippen LogP contribution in [0, 0.1) is 0 Å². The molecule has 1 aliphatic rings. The third-order valence-corrected chi connectivity index (χ3v) is 2.59. The van der Waals surface area contributed by atoms with Gasteiger partial charge in [-0.25, -0.2) is 0 Å². The maximum Gasteiger partial charge on any atom is 0.140 e. The standard InChI is InChI=1S/C10H9ClO/c11-8-3-1-7(2-4-8)9-5-6-10(9)12/h1-4,9H,5-6H2/t9-/m1/s1. The van der Waals surface area contributed by atoms with Crippen LogP contribution in [-0.2, 0) is 4.79 Å². The molecular formula is C10H9ClO. The molecule has 0 aliphatic heterocycles. The van der Waals surface area contributed by atoms with Crippen molar-refractivity contribution in [3.63, 3.8) is 0 Å². The van der Waals surface area contributed by atoms with E-state index in [0.29, 0.717) is 5.78 Å². The van der Waals surface area contributed by atoms with Gasteiger partial charge in [0.25, 0.3) is 0 Å². The van der Waals surface area contributed by atoms with E-state index in [1.807, 2.05) is 24.3 Å². The molecule has 12 heavy (non-hydrogen) atoms. The van der Waals surface area contributed by atoms with Gasteiger partial charge in [-0.1, -0.05) is 23.7 Å². The molecule has 2 heteroatoms. The van der Waals surface area contributed by atoms with E-state index < -0.39 is 0 Å². The Labute approximate surface area is 76.4 Å². The molecule has 1 aliphatic carbocycles. The van der Waals surface area contributed by atoms with E-state index in [4.69, 9.17) is 11.6 Å². The minimum Gasteiger partial charge on any atom is -0.299 e. The van der Waals surface area contributed by atoms with Crippen molar-refractivity contribution in [2.75, 3.05) is 0 Å². The zero-order chi connectivity index (χ0) is 8.55. The van der Waals surface area contributed by atoms with Crippen LogP contribution in [0.25, 0.3) is 0 Å². The molecule has 1 nitrogen and oxygen atoms in total. The fraction of sp³-hybridized carbons (Fsp3) is 0.300. The Morgan fingerprint density at radius 2 is 1.92 bits per heavy atom. The van der Waals surface area contributed by atoms with Gasteiger partial charge in [0.2, 0.25) is 0 Å². The summed E-state index contributed by atoms with van der Waals surface area (Å²) in [6.07, 6.45) is 1.74. The fourth-order valence-electron chi connectivity index (χ4n) is 1.45. The van der Waals surface area contributed by atoms with Gasteiger partial charge in [0.15, 0.2) is 0 Å². The molecule has 62 valence electrons. The monoisotopic (exact) mass is 180 g/mol. The summed E-state index contributed by atoms with van der Waals surface area (Å²) < 4.78 is 0. The number of carbonyl (C=O) groups is 1. The van der Waals surface area contributed by atoms with Gasteiger partial charge in [0.1, 0.15) is 5.78 Å². The molecule has 0 bridgehead atoms. The number of benzene rings is 1. The zero-order valence-electron chi connectivity index (χ0n) is 6.59. The van der Waals surface area contributed by atoms with Crippen molar-refractivity contribution in [3.05, 3.63) is 34.9 Å². The van der Waals surface area contributed by atoms with Gasteiger partial charge in [-0.2, -0.15) is 0 Å². The predicted molar refractivity (Wildman–Crippen MR) is 48.4 cm³/mol. The second-order valence-corrected chi connectivity index (χ2v) is 3.55. The van der Waals surface area contributed by atoms with E-state index >= 15 is 0 Å². The molecule has 0 heterocycles. The highest BCUT2D eigenvalue weighted by molar-refractivity contribution is 6.30. The molecule has 2 rings (SSSR count). The van der Waals surface area contributed by atoms with Crippen LogP contribution >= 0.6 is 11.6 Å². The van der Waals surface area contributed by atoms with Crippen molar-refractivity contribution in [3.8, 4) is 0 Å². The minimum atomic E-state index is 0.155. The average Bonchev–Trinajstić information content (AvgIpc) is 2.06. The molecular weight excluding hydrogens is 172 g/mol. The quantitative estimate of drug-likeness (QED) is 0.650. The van der Waals surface area contributed by atoms with Crippen LogP contribution in [0.15, 0.2) is 24.3 Å². The molecule has 0 amide bonds. The second kappa shape index (κ2) is 2.91. The third kappa shape index (κ3) is 1.25. The first-order valence-corrected chi connectivity index (χ1v) is 4.43. The van der Waals surface area contributed by atoms with Gasteiger partial charge >= 0.3 is 0 Å². The van der Waals surface area contributed by atoms with E-state index in [9.17, 15) is 4.79 Å². The van der Waals surface area contributed by atoms with Crippen molar-refractivity contribution in [2.24, 2.45) is 0 Å². The second-order valence-electron chi connectivity index (χ2n) is 3.11. The van der Waals surface area contributed by atoms with Crippen LogP contribution in [0.4, 0.5) is 0 Å². The smallest absolute Gasteiger partial charge is 0.140 e. The first kappa shape index (κ1) is 7.81. The molecule has 1 aromatic rings. The summed E-state index contributed by atoms with van der Waals surface area (Å²) in [4.78, 5) is 11.1. The summed E-state index contributed by atoms with van der Waals surface area (Å²) in [6, 6.07) is 7.54. The highest BCUT2D eigenvalue weighted by atomic mass is 35.5.